The summed E-state index contributed by atoms with van der Waals surface area (Å²) in [5, 5.41) is 15.0. The minimum absolute atomic E-state index is 0.157. The van der Waals surface area contributed by atoms with Crippen molar-refractivity contribution in [1.82, 2.24) is 26.3 Å². The van der Waals surface area contributed by atoms with Crippen molar-refractivity contribution >= 4 is 6.16 Å². The summed E-state index contributed by atoms with van der Waals surface area (Å²) in [5.41, 5.74) is 1.69. The Morgan fingerprint density at radius 1 is 0.853 bits per heavy atom. The molecule has 9 heteroatoms. The second-order valence-corrected chi connectivity index (χ2v) is 9.61. The van der Waals surface area contributed by atoms with Crippen molar-refractivity contribution in [2.45, 2.75) is 88.6 Å². The number of rotatable bonds is 4. The summed E-state index contributed by atoms with van der Waals surface area (Å²) in [6, 6.07) is 5.51. The number of nitrogens with one attached hydrogen (secondary N) is 4. The molecule has 190 valence electrons. The monoisotopic (exact) mass is 475 g/mol. The zero-order valence-electron chi connectivity index (χ0n) is 20.4. The van der Waals surface area contributed by atoms with E-state index < -0.39 is 6.16 Å². The zero-order chi connectivity index (χ0) is 23.6. The predicted octanol–water partition coefficient (Wildman–Crippen LogP) is 2.24. The Bertz CT molecular complexity index is 780. The van der Waals surface area contributed by atoms with Crippen LogP contribution in [0, 0.1) is 0 Å². The number of nitrogens with zero attached hydrogens (tertiary/aromatic N) is 1. The van der Waals surface area contributed by atoms with Crippen LogP contribution in [0.4, 0.5) is 4.79 Å². The molecule has 4 rings (SSSR count). The first-order chi connectivity index (χ1) is 16.7. The van der Waals surface area contributed by atoms with Crippen LogP contribution >= 0.6 is 0 Å². The highest BCUT2D eigenvalue weighted by atomic mass is 16.7. The summed E-state index contributed by atoms with van der Waals surface area (Å²) in [4.78, 5) is 17.1. The van der Waals surface area contributed by atoms with Gasteiger partial charge in [0.2, 0.25) is 0 Å². The lowest BCUT2D eigenvalue weighted by Gasteiger charge is -2.34. The van der Waals surface area contributed by atoms with E-state index in [9.17, 15) is 4.79 Å². The van der Waals surface area contributed by atoms with Crippen LogP contribution in [0.2, 0.25) is 0 Å². The van der Waals surface area contributed by atoms with Crippen molar-refractivity contribution in [1.29, 1.82) is 0 Å². The minimum atomic E-state index is -0.731. The van der Waals surface area contributed by atoms with E-state index in [4.69, 9.17) is 19.2 Å². The van der Waals surface area contributed by atoms with Crippen LogP contribution < -0.4 is 26.0 Å². The first-order valence-corrected chi connectivity index (χ1v) is 13.0. The maximum absolute atomic E-state index is 12.2. The molecular formula is C25H41N5O4. The Labute approximate surface area is 203 Å². The fourth-order valence-corrected chi connectivity index (χ4v) is 5.40. The highest BCUT2D eigenvalue weighted by molar-refractivity contribution is 5.64. The number of methoxy groups -OCH3 is 1. The predicted molar refractivity (Wildman–Crippen MR) is 130 cm³/mol. The number of carbonyl (C=O) groups is 1. The molecule has 0 spiro atoms. The molecule has 3 aliphatic rings. The molecule has 2 bridgehead atoms. The molecular weight excluding hydrogens is 434 g/mol. The third kappa shape index (κ3) is 7.36. The molecule has 1 aromatic heterocycles. The second-order valence-electron chi connectivity index (χ2n) is 9.61. The number of fused-ring (bicyclic) bond motifs is 4. The molecule has 4 N–H and O–H groups in total. The van der Waals surface area contributed by atoms with Gasteiger partial charge in [-0.2, -0.15) is 0 Å². The van der Waals surface area contributed by atoms with Crippen LogP contribution in [-0.4, -0.2) is 68.7 Å². The Kier molecular flexibility index (Phi) is 9.94. The number of hydrogen-bond acceptors (Lipinski definition) is 9. The lowest BCUT2D eigenvalue weighted by atomic mass is 9.89. The van der Waals surface area contributed by atoms with Gasteiger partial charge in [0.05, 0.1) is 18.0 Å². The molecule has 2 saturated carbocycles. The van der Waals surface area contributed by atoms with E-state index >= 15 is 0 Å². The molecule has 2 heterocycles. The highest BCUT2D eigenvalue weighted by Crippen LogP contribution is 2.23. The molecule has 34 heavy (non-hydrogen) atoms. The molecule has 1 aliphatic heterocycles. The van der Waals surface area contributed by atoms with Crippen LogP contribution in [0.25, 0.3) is 0 Å². The van der Waals surface area contributed by atoms with Crippen LogP contribution in [0.15, 0.2) is 12.1 Å². The Morgan fingerprint density at radius 2 is 1.44 bits per heavy atom. The largest absolute Gasteiger partial charge is 0.513 e. The number of ether oxygens (including phenoxy) is 3. The SMILES string of the molecule is COCCOC(=O)Oc1ccc2nc1CN[C@@H]1CCCC[C@H]1NCCN[C@@H]1CCCC[C@H]1NC2. The maximum Gasteiger partial charge on any atom is 0.513 e. The number of aromatic nitrogens is 1. The lowest BCUT2D eigenvalue weighted by Crippen LogP contribution is -2.53. The third-order valence-electron chi connectivity index (χ3n) is 7.24. The van der Waals surface area contributed by atoms with Gasteiger partial charge in [0.15, 0.2) is 5.75 Å². The van der Waals surface area contributed by atoms with E-state index in [1.54, 1.807) is 7.11 Å². The molecule has 2 aliphatic carbocycles. The summed E-state index contributed by atoms with van der Waals surface area (Å²) < 4.78 is 15.5. The van der Waals surface area contributed by atoms with Crippen molar-refractivity contribution in [3.8, 4) is 5.75 Å². The summed E-state index contributed by atoms with van der Waals surface area (Å²) >= 11 is 0. The quantitative estimate of drug-likeness (QED) is 0.385. The molecule has 0 saturated heterocycles. The molecule has 1 aromatic rings. The van der Waals surface area contributed by atoms with Crippen LogP contribution in [0.5, 0.6) is 5.75 Å². The van der Waals surface area contributed by atoms with Gasteiger partial charge in [-0.1, -0.05) is 25.7 Å². The molecule has 0 aromatic carbocycles. The van der Waals surface area contributed by atoms with Gasteiger partial charge < -0.3 is 35.5 Å². The number of carbonyl (C=O) groups excluding carboxylic acids is 1. The summed E-state index contributed by atoms with van der Waals surface area (Å²) in [5.74, 6) is 0.445. The summed E-state index contributed by atoms with van der Waals surface area (Å²) in [7, 11) is 1.56. The van der Waals surface area contributed by atoms with Gasteiger partial charge in [-0.3, -0.25) is 4.98 Å². The van der Waals surface area contributed by atoms with E-state index in [1.165, 1.54) is 44.9 Å². The number of hydrogen-bond donors (Lipinski definition) is 4. The van der Waals surface area contributed by atoms with E-state index in [0.717, 1.165) is 30.9 Å². The van der Waals surface area contributed by atoms with Crippen molar-refractivity contribution < 1.29 is 19.0 Å². The molecule has 0 amide bonds. The number of pyridine rings is 1. The average molecular weight is 476 g/mol. The standard InChI is InChI=1S/C25H41N5O4/c1-32-14-15-33-25(31)34-24-11-10-18-16-28-21-8-4-2-6-19(21)26-12-13-27-20-7-3-5-9-22(20)29-17-23(24)30-18/h10-11,19-22,26-29H,2-9,12-17H2,1H3/t19-,20-,21-,22-/m1/s1. The first-order valence-electron chi connectivity index (χ1n) is 13.0. The van der Waals surface area contributed by atoms with Crippen molar-refractivity contribution in [2.24, 2.45) is 0 Å². The smallest absolute Gasteiger partial charge is 0.432 e. The topological polar surface area (TPSA) is 106 Å². The molecule has 9 nitrogen and oxygen atoms in total. The fraction of sp³-hybridized carbons (Fsp3) is 0.760. The maximum atomic E-state index is 12.2. The second kappa shape index (κ2) is 13.3. The molecule has 2 fully saturated rings. The lowest BCUT2D eigenvalue weighted by molar-refractivity contribution is 0.0681. The first kappa shape index (κ1) is 25.3. The van der Waals surface area contributed by atoms with Gasteiger partial charge in [0, 0.05) is 57.5 Å². The van der Waals surface area contributed by atoms with Gasteiger partial charge in [-0.05, 0) is 37.8 Å². The third-order valence-corrected chi connectivity index (χ3v) is 7.24. The molecule has 0 unspecified atom stereocenters. The van der Waals surface area contributed by atoms with Crippen molar-refractivity contribution in [3.05, 3.63) is 23.5 Å². The molecule has 0 radical (unpaired) electrons. The minimum Gasteiger partial charge on any atom is -0.432 e. The summed E-state index contributed by atoms with van der Waals surface area (Å²) in [6.07, 6.45) is 8.99. The van der Waals surface area contributed by atoms with Crippen LogP contribution in [0.1, 0.15) is 62.8 Å². The van der Waals surface area contributed by atoms with Crippen molar-refractivity contribution in [2.75, 3.05) is 33.4 Å². The summed E-state index contributed by atoms with van der Waals surface area (Å²) in [6.45, 7) is 3.69. The van der Waals surface area contributed by atoms with Crippen LogP contribution in [-0.2, 0) is 22.6 Å². The normalized spacial score (nSPS) is 28.5. The van der Waals surface area contributed by atoms with E-state index in [2.05, 4.69) is 21.3 Å². The Morgan fingerprint density at radius 3 is 2.06 bits per heavy atom. The highest BCUT2D eigenvalue weighted by Gasteiger charge is 2.27. The fourth-order valence-electron chi connectivity index (χ4n) is 5.40. The molecule has 4 atom stereocenters. The van der Waals surface area contributed by atoms with Gasteiger partial charge in [-0.15, -0.1) is 0 Å². The van der Waals surface area contributed by atoms with Gasteiger partial charge in [0.25, 0.3) is 0 Å². The Balaban J connectivity index is 1.50. The van der Waals surface area contributed by atoms with Crippen molar-refractivity contribution in [3.63, 3.8) is 0 Å². The van der Waals surface area contributed by atoms with E-state index in [-0.39, 0.29) is 6.61 Å². The van der Waals surface area contributed by atoms with E-state index in [0.29, 0.717) is 49.6 Å². The van der Waals surface area contributed by atoms with E-state index in [1.807, 2.05) is 12.1 Å². The van der Waals surface area contributed by atoms with Crippen LogP contribution in [0.3, 0.4) is 0 Å². The van der Waals surface area contributed by atoms with Gasteiger partial charge in [-0.25, -0.2) is 4.79 Å². The average Bonchev–Trinajstić information content (AvgIpc) is 2.86. The van der Waals surface area contributed by atoms with Gasteiger partial charge >= 0.3 is 6.16 Å². The van der Waals surface area contributed by atoms with Gasteiger partial charge in [0.1, 0.15) is 6.61 Å². The zero-order valence-corrected chi connectivity index (χ0v) is 20.4. The Hall–Kier alpha value is -1.78.